The van der Waals surface area contributed by atoms with E-state index in [2.05, 4.69) is 9.46 Å². The van der Waals surface area contributed by atoms with Gasteiger partial charge in [-0.05, 0) is 42.8 Å². The second kappa shape index (κ2) is 6.55. The van der Waals surface area contributed by atoms with E-state index >= 15 is 0 Å². The Labute approximate surface area is 138 Å². The first-order valence-corrected chi connectivity index (χ1v) is 8.27. The van der Waals surface area contributed by atoms with Crippen LogP contribution in [0.25, 0.3) is 0 Å². The SMILES string of the molecule is COC(=O)c1ccc(C)c(S(=O)(=O)Nc2ccc(Cl)cc2F)c1. The van der Waals surface area contributed by atoms with Crippen molar-refractivity contribution in [3.05, 3.63) is 58.4 Å². The molecular formula is C15H13ClFNO4S. The molecule has 23 heavy (non-hydrogen) atoms. The van der Waals surface area contributed by atoms with Crippen LogP contribution in [0.15, 0.2) is 41.3 Å². The summed E-state index contributed by atoms with van der Waals surface area (Å²) in [7, 11) is -2.89. The van der Waals surface area contributed by atoms with Crippen LogP contribution in [0.1, 0.15) is 15.9 Å². The van der Waals surface area contributed by atoms with Gasteiger partial charge in [0.25, 0.3) is 10.0 Å². The van der Waals surface area contributed by atoms with Gasteiger partial charge in [0.05, 0.1) is 23.3 Å². The molecule has 0 saturated heterocycles. The third-order valence-electron chi connectivity index (χ3n) is 3.07. The van der Waals surface area contributed by atoms with Gasteiger partial charge in [0.15, 0.2) is 0 Å². The Balaban J connectivity index is 2.45. The molecule has 2 rings (SSSR count). The monoisotopic (exact) mass is 357 g/mol. The Morgan fingerprint density at radius 3 is 2.52 bits per heavy atom. The van der Waals surface area contributed by atoms with Crippen molar-refractivity contribution >= 4 is 33.3 Å². The first-order chi connectivity index (χ1) is 10.7. The fraction of sp³-hybridized carbons (Fsp3) is 0.133. The van der Waals surface area contributed by atoms with Gasteiger partial charge in [0.2, 0.25) is 0 Å². The zero-order valence-electron chi connectivity index (χ0n) is 12.3. The van der Waals surface area contributed by atoms with Gasteiger partial charge < -0.3 is 4.74 Å². The normalized spacial score (nSPS) is 11.1. The van der Waals surface area contributed by atoms with E-state index in [0.29, 0.717) is 5.56 Å². The number of benzene rings is 2. The maximum absolute atomic E-state index is 13.8. The Morgan fingerprint density at radius 2 is 1.91 bits per heavy atom. The standard InChI is InChI=1S/C15H13ClFNO4S/c1-9-3-4-10(15(19)22-2)7-14(9)23(20,21)18-13-6-5-11(16)8-12(13)17/h3-8,18H,1-2H3. The second-order valence-electron chi connectivity index (χ2n) is 4.70. The molecule has 0 heterocycles. The van der Waals surface area contributed by atoms with Gasteiger partial charge in [-0.25, -0.2) is 17.6 Å². The highest BCUT2D eigenvalue weighted by Crippen LogP contribution is 2.24. The molecule has 8 heteroatoms. The average Bonchev–Trinajstić information content (AvgIpc) is 2.49. The van der Waals surface area contributed by atoms with E-state index in [4.69, 9.17) is 11.6 Å². The molecule has 0 atom stereocenters. The fourth-order valence-corrected chi connectivity index (χ4v) is 3.40. The highest BCUT2D eigenvalue weighted by Gasteiger charge is 2.21. The van der Waals surface area contributed by atoms with Gasteiger partial charge >= 0.3 is 5.97 Å². The topological polar surface area (TPSA) is 72.5 Å². The molecule has 0 aliphatic carbocycles. The van der Waals surface area contributed by atoms with Crippen molar-refractivity contribution < 1.29 is 22.3 Å². The number of carbonyl (C=O) groups is 1. The molecule has 2 aromatic rings. The number of nitrogens with one attached hydrogen (secondary N) is 1. The minimum absolute atomic E-state index is 0.0788. The van der Waals surface area contributed by atoms with Crippen LogP contribution in [0.2, 0.25) is 5.02 Å². The van der Waals surface area contributed by atoms with E-state index < -0.39 is 21.8 Å². The van der Waals surface area contributed by atoms with E-state index in [1.54, 1.807) is 6.92 Å². The van der Waals surface area contributed by atoms with Crippen LogP contribution in [0, 0.1) is 12.7 Å². The largest absolute Gasteiger partial charge is 0.465 e. The average molecular weight is 358 g/mol. The Kier molecular flexibility index (Phi) is 4.91. The van der Waals surface area contributed by atoms with Crippen molar-refractivity contribution in [3.63, 3.8) is 0 Å². The van der Waals surface area contributed by atoms with Crippen molar-refractivity contribution in [1.82, 2.24) is 0 Å². The summed E-state index contributed by atoms with van der Waals surface area (Å²) in [5.41, 5.74) is 0.242. The van der Waals surface area contributed by atoms with E-state index in [1.165, 1.54) is 37.4 Å². The molecule has 0 aromatic heterocycles. The van der Waals surface area contributed by atoms with Crippen LogP contribution >= 0.6 is 11.6 Å². The lowest BCUT2D eigenvalue weighted by atomic mass is 10.1. The highest BCUT2D eigenvalue weighted by atomic mass is 35.5. The van der Waals surface area contributed by atoms with Crippen molar-refractivity contribution in [2.75, 3.05) is 11.8 Å². The summed E-state index contributed by atoms with van der Waals surface area (Å²) in [6.07, 6.45) is 0. The summed E-state index contributed by atoms with van der Waals surface area (Å²) in [5, 5.41) is 0.148. The summed E-state index contributed by atoms with van der Waals surface area (Å²) in [4.78, 5) is 11.4. The Hall–Kier alpha value is -2.12. The lowest BCUT2D eigenvalue weighted by molar-refractivity contribution is 0.0600. The molecule has 0 radical (unpaired) electrons. The molecule has 2 aromatic carbocycles. The third-order valence-corrected chi connectivity index (χ3v) is 4.82. The quantitative estimate of drug-likeness (QED) is 0.851. The van der Waals surface area contributed by atoms with Crippen LogP contribution < -0.4 is 4.72 Å². The summed E-state index contributed by atoms with van der Waals surface area (Å²) < 4.78 is 45.4. The number of hydrogen-bond donors (Lipinski definition) is 1. The number of rotatable bonds is 4. The predicted octanol–water partition coefficient (Wildman–Crippen LogP) is 3.37. The van der Waals surface area contributed by atoms with Crippen LogP contribution in [-0.2, 0) is 14.8 Å². The van der Waals surface area contributed by atoms with Crippen molar-refractivity contribution in [3.8, 4) is 0 Å². The second-order valence-corrected chi connectivity index (χ2v) is 6.79. The summed E-state index contributed by atoms with van der Waals surface area (Å²) in [6, 6.07) is 7.67. The molecule has 5 nitrogen and oxygen atoms in total. The van der Waals surface area contributed by atoms with Crippen LogP contribution in [0.4, 0.5) is 10.1 Å². The van der Waals surface area contributed by atoms with Gasteiger partial charge in [-0.1, -0.05) is 17.7 Å². The first kappa shape index (κ1) is 17.2. The summed E-state index contributed by atoms with van der Waals surface area (Å²) >= 11 is 5.63. The molecule has 0 unspecified atom stereocenters. The minimum atomic E-state index is -4.08. The number of hydrogen-bond acceptors (Lipinski definition) is 4. The summed E-state index contributed by atoms with van der Waals surface area (Å²) in [6.45, 7) is 1.56. The number of esters is 1. The van der Waals surface area contributed by atoms with Gasteiger partial charge in [-0.2, -0.15) is 0 Å². The van der Waals surface area contributed by atoms with Crippen molar-refractivity contribution in [2.24, 2.45) is 0 Å². The van der Waals surface area contributed by atoms with E-state index in [9.17, 15) is 17.6 Å². The van der Waals surface area contributed by atoms with Gasteiger partial charge in [0.1, 0.15) is 5.82 Å². The zero-order chi connectivity index (χ0) is 17.2. The summed E-state index contributed by atoms with van der Waals surface area (Å²) in [5.74, 6) is -1.47. The number of methoxy groups -OCH3 is 1. The minimum Gasteiger partial charge on any atom is -0.465 e. The van der Waals surface area contributed by atoms with E-state index in [0.717, 1.165) is 6.07 Å². The number of sulfonamides is 1. The Bertz CT molecular complexity index is 868. The maximum Gasteiger partial charge on any atom is 0.337 e. The number of aryl methyl sites for hydroxylation is 1. The van der Waals surface area contributed by atoms with Crippen LogP contribution in [0.3, 0.4) is 0 Å². The number of carbonyl (C=O) groups excluding carboxylic acids is 1. The van der Waals surface area contributed by atoms with Crippen LogP contribution in [-0.4, -0.2) is 21.5 Å². The molecule has 0 saturated carbocycles. The fourth-order valence-electron chi connectivity index (χ4n) is 1.91. The van der Waals surface area contributed by atoms with Crippen molar-refractivity contribution in [1.29, 1.82) is 0 Å². The smallest absolute Gasteiger partial charge is 0.337 e. The number of halogens is 2. The third kappa shape index (κ3) is 3.80. The molecule has 0 aliphatic heterocycles. The van der Waals surface area contributed by atoms with E-state index in [1.807, 2.05) is 0 Å². The molecule has 0 fully saturated rings. The van der Waals surface area contributed by atoms with Gasteiger partial charge in [0, 0.05) is 5.02 Å². The number of ether oxygens (including phenoxy) is 1. The molecule has 122 valence electrons. The molecule has 0 amide bonds. The van der Waals surface area contributed by atoms with Gasteiger partial charge in [-0.3, -0.25) is 4.72 Å². The Morgan fingerprint density at radius 1 is 1.22 bits per heavy atom. The zero-order valence-corrected chi connectivity index (χ0v) is 13.8. The van der Waals surface area contributed by atoms with Gasteiger partial charge in [-0.15, -0.1) is 0 Å². The van der Waals surface area contributed by atoms with Crippen molar-refractivity contribution in [2.45, 2.75) is 11.8 Å². The lowest BCUT2D eigenvalue weighted by Gasteiger charge is -2.12. The number of anilines is 1. The molecule has 1 N–H and O–H groups in total. The van der Waals surface area contributed by atoms with Crippen LogP contribution in [0.5, 0.6) is 0 Å². The lowest BCUT2D eigenvalue weighted by Crippen LogP contribution is -2.16. The first-order valence-electron chi connectivity index (χ1n) is 6.41. The predicted molar refractivity (Wildman–Crippen MR) is 84.7 cm³/mol. The molecule has 0 spiro atoms. The maximum atomic E-state index is 13.8. The molecule has 0 aliphatic rings. The van der Waals surface area contributed by atoms with E-state index in [-0.39, 0.29) is 21.2 Å². The molecular weight excluding hydrogens is 345 g/mol. The molecule has 0 bridgehead atoms. The highest BCUT2D eigenvalue weighted by molar-refractivity contribution is 7.92.